The Morgan fingerprint density at radius 3 is 2.68 bits per heavy atom. The Hall–Kier alpha value is -2.10. The number of rotatable bonds is 6. The van der Waals surface area contributed by atoms with E-state index in [1.165, 1.54) is 11.1 Å². The molecule has 0 saturated carbocycles. The van der Waals surface area contributed by atoms with Gasteiger partial charge in [-0.1, -0.05) is 60.1 Å². The highest BCUT2D eigenvalue weighted by Gasteiger charge is 2.15. The minimum Gasteiger partial charge on any atom is -0.355 e. The van der Waals surface area contributed by atoms with Gasteiger partial charge in [-0.05, 0) is 41.7 Å². The molecule has 3 rings (SSSR count). The van der Waals surface area contributed by atoms with Gasteiger partial charge in [0.05, 0.1) is 6.54 Å². The first kappa shape index (κ1) is 17.7. The normalized spacial score (nSPS) is 14.8. The molecular weight excluding hydrogens is 332 g/mol. The first-order chi connectivity index (χ1) is 12.2. The number of amides is 1. The quantitative estimate of drug-likeness (QED) is 0.856. The summed E-state index contributed by atoms with van der Waals surface area (Å²) < 4.78 is 0. The van der Waals surface area contributed by atoms with Gasteiger partial charge in [-0.3, -0.25) is 9.69 Å². The smallest absolute Gasteiger partial charge is 0.234 e. The summed E-state index contributed by atoms with van der Waals surface area (Å²) in [6.07, 6.45) is 4.02. The summed E-state index contributed by atoms with van der Waals surface area (Å²) in [6, 6.07) is 18.2. The van der Waals surface area contributed by atoms with E-state index in [-0.39, 0.29) is 5.91 Å². The van der Waals surface area contributed by atoms with Gasteiger partial charge in [0.1, 0.15) is 0 Å². The molecule has 3 nitrogen and oxygen atoms in total. The highest BCUT2D eigenvalue weighted by Crippen LogP contribution is 2.21. The molecule has 1 N–H and O–H groups in total. The van der Waals surface area contributed by atoms with E-state index in [1.54, 1.807) is 0 Å². The molecule has 1 aliphatic rings. The first-order valence-corrected chi connectivity index (χ1v) is 9.06. The summed E-state index contributed by atoms with van der Waals surface area (Å²) in [5.41, 5.74) is 3.80. The van der Waals surface area contributed by atoms with Gasteiger partial charge in [0.15, 0.2) is 0 Å². The lowest BCUT2D eigenvalue weighted by Gasteiger charge is -2.25. The first-order valence-electron chi connectivity index (χ1n) is 8.68. The molecule has 0 atom stereocenters. The molecule has 0 aromatic heterocycles. The van der Waals surface area contributed by atoms with E-state index in [4.69, 9.17) is 11.6 Å². The molecule has 130 valence electrons. The molecule has 2 aromatic rings. The van der Waals surface area contributed by atoms with E-state index in [2.05, 4.69) is 40.6 Å². The fourth-order valence-electron chi connectivity index (χ4n) is 3.07. The van der Waals surface area contributed by atoms with E-state index in [0.29, 0.717) is 13.1 Å². The number of benzene rings is 2. The van der Waals surface area contributed by atoms with Crippen LogP contribution in [0.2, 0.25) is 5.02 Å². The van der Waals surface area contributed by atoms with Gasteiger partial charge in [-0.25, -0.2) is 0 Å². The summed E-state index contributed by atoms with van der Waals surface area (Å²) in [7, 11) is 0. The number of carbonyl (C=O) groups excluding carboxylic acids is 1. The number of halogens is 1. The molecule has 2 aromatic carbocycles. The van der Waals surface area contributed by atoms with Crippen molar-refractivity contribution < 1.29 is 4.79 Å². The Balaban J connectivity index is 1.41. The third-order valence-electron chi connectivity index (χ3n) is 4.43. The number of hydrogen-bond donors (Lipinski definition) is 1. The van der Waals surface area contributed by atoms with E-state index in [0.717, 1.165) is 36.5 Å². The highest BCUT2D eigenvalue weighted by atomic mass is 35.5. The van der Waals surface area contributed by atoms with Gasteiger partial charge in [0, 0.05) is 24.7 Å². The van der Waals surface area contributed by atoms with Gasteiger partial charge < -0.3 is 5.32 Å². The second-order valence-electron chi connectivity index (χ2n) is 6.31. The second kappa shape index (κ2) is 8.84. The Morgan fingerprint density at radius 2 is 1.96 bits per heavy atom. The Labute approximate surface area is 154 Å². The average Bonchev–Trinajstić information content (AvgIpc) is 2.63. The van der Waals surface area contributed by atoms with Crippen LogP contribution in [0.1, 0.15) is 17.5 Å². The van der Waals surface area contributed by atoms with Crippen LogP contribution in [0.4, 0.5) is 0 Å². The van der Waals surface area contributed by atoms with Crippen LogP contribution in [0.25, 0.3) is 5.57 Å². The minimum atomic E-state index is 0.0820. The lowest BCUT2D eigenvalue weighted by Crippen LogP contribution is -2.39. The third-order valence-corrected chi connectivity index (χ3v) is 4.67. The van der Waals surface area contributed by atoms with Crippen molar-refractivity contribution >= 4 is 23.1 Å². The van der Waals surface area contributed by atoms with Crippen molar-refractivity contribution in [2.75, 3.05) is 26.2 Å². The van der Waals surface area contributed by atoms with Crippen molar-refractivity contribution in [1.29, 1.82) is 0 Å². The van der Waals surface area contributed by atoms with Crippen LogP contribution in [0.15, 0.2) is 60.7 Å². The minimum absolute atomic E-state index is 0.0820. The Bertz CT molecular complexity index is 743. The fraction of sp³-hybridized carbons (Fsp3) is 0.286. The van der Waals surface area contributed by atoms with Crippen molar-refractivity contribution in [2.24, 2.45) is 0 Å². The lowest BCUT2D eigenvalue weighted by molar-refractivity contribution is -0.122. The molecule has 1 heterocycles. The zero-order valence-corrected chi connectivity index (χ0v) is 15.0. The maximum absolute atomic E-state index is 12.1. The van der Waals surface area contributed by atoms with Crippen LogP contribution in [-0.2, 0) is 11.2 Å². The lowest BCUT2D eigenvalue weighted by atomic mass is 10.00. The Kier molecular flexibility index (Phi) is 6.26. The molecule has 0 radical (unpaired) electrons. The van der Waals surface area contributed by atoms with Crippen LogP contribution >= 0.6 is 11.6 Å². The standard InChI is InChI=1S/C21H23ClN2O/c22-20-8-4-5-17(15-20)9-12-23-21(25)16-24-13-10-19(11-14-24)18-6-2-1-3-7-18/h1-8,10,15H,9,11-14,16H2,(H,23,25). The summed E-state index contributed by atoms with van der Waals surface area (Å²) in [5.74, 6) is 0.0820. The van der Waals surface area contributed by atoms with Crippen molar-refractivity contribution in [1.82, 2.24) is 10.2 Å². The van der Waals surface area contributed by atoms with Crippen molar-refractivity contribution in [3.8, 4) is 0 Å². The zero-order valence-electron chi connectivity index (χ0n) is 14.2. The summed E-state index contributed by atoms with van der Waals surface area (Å²) >= 11 is 5.97. The molecule has 0 aliphatic carbocycles. The molecule has 1 amide bonds. The van der Waals surface area contributed by atoms with Crippen molar-refractivity contribution in [2.45, 2.75) is 12.8 Å². The topological polar surface area (TPSA) is 32.3 Å². The summed E-state index contributed by atoms with van der Waals surface area (Å²) in [4.78, 5) is 14.3. The van der Waals surface area contributed by atoms with Crippen LogP contribution < -0.4 is 5.32 Å². The van der Waals surface area contributed by atoms with Gasteiger partial charge >= 0.3 is 0 Å². The maximum Gasteiger partial charge on any atom is 0.234 e. The fourth-order valence-corrected chi connectivity index (χ4v) is 3.28. The number of carbonyl (C=O) groups is 1. The van der Waals surface area contributed by atoms with Gasteiger partial charge in [0.25, 0.3) is 0 Å². The maximum atomic E-state index is 12.1. The van der Waals surface area contributed by atoms with Crippen molar-refractivity contribution in [3.63, 3.8) is 0 Å². The second-order valence-corrected chi connectivity index (χ2v) is 6.75. The van der Waals surface area contributed by atoms with Gasteiger partial charge in [-0.2, -0.15) is 0 Å². The van der Waals surface area contributed by atoms with Crippen LogP contribution in [0.3, 0.4) is 0 Å². The summed E-state index contributed by atoms with van der Waals surface area (Å²) in [6.45, 7) is 2.83. The number of nitrogens with one attached hydrogen (secondary N) is 1. The van der Waals surface area contributed by atoms with Gasteiger partial charge in [0.2, 0.25) is 5.91 Å². The predicted octanol–water partition coefficient (Wildman–Crippen LogP) is 3.79. The van der Waals surface area contributed by atoms with E-state index in [1.807, 2.05) is 30.3 Å². The molecule has 0 unspecified atom stereocenters. The van der Waals surface area contributed by atoms with Crippen LogP contribution in [0, 0.1) is 0 Å². The van der Waals surface area contributed by atoms with E-state index < -0.39 is 0 Å². The summed E-state index contributed by atoms with van der Waals surface area (Å²) in [5, 5.41) is 3.73. The molecular formula is C21H23ClN2O. The molecule has 0 bridgehead atoms. The zero-order chi connectivity index (χ0) is 17.5. The Morgan fingerprint density at radius 1 is 1.12 bits per heavy atom. The molecule has 1 aliphatic heterocycles. The number of hydrogen-bond acceptors (Lipinski definition) is 2. The predicted molar refractivity (Wildman–Crippen MR) is 104 cm³/mol. The van der Waals surface area contributed by atoms with Crippen molar-refractivity contribution in [3.05, 3.63) is 76.8 Å². The van der Waals surface area contributed by atoms with E-state index in [9.17, 15) is 4.79 Å². The molecule has 0 fully saturated rings. The van der Waals surface area contributed by atoms with E-state index >= 15 is 0 Å². The highest BCUT2D eigenvalue weighted by molar-refractivity contribution is 6.30. The molecule has 0 saturated heterocycles. The number of nitrogens with zero attached hydrogens (tertiary/aromatic N) is 1. The largest absolute Gasteiger partial charge is 0.355 e. The SMILES string of the molecule is O=C(CN1CC=C(c2ccccc2)CC1)NCCc1cccc(Cl)c1. The molecule has 25 heavy (non-hydrogen) atoms. The third kappa shape index (κ3) is 5.45. The van der Waals surface area contributed by atoms with Crippen LogP contribution in [-0.4, -0.2) is 37.0 Å². The van der Waals surface area contributed by atoms with Gasteiger partial charge in [-0.15, -0.1) is 0 Å². The molecule has 4 heteroatoms. The molecule has 0 spiro atoms. The average molecular weight is 355 g/mol. The monoisotopic (exact) mass is 354 g/mol. The van der Waals surface area contributed by atoms with Crippen LogP contribution in [0.5, 0.6) is 0 Å².